The maximum Gasteiger partial charge on any atom is 0.311 e. The van der Waals surface area contributed by atoms with Crippen LogP contribution >= 0.6 is 0 Å². The van der Waals surface area contributed by atoms with Crippen molar-refractivity contribution in [2.24, 2.45) is 0 Å². The fourth-order valence-corrected chi connectivity index (χ4v) is 1.99. The van der Waals surface area contributed by atoms with Crippen LogP contribution < -0.4 is 0 Å². The summed E-state index contributed by atoms with van der Waals surface area (Å²) in [6, 6.07) is 2.76. The highest BCUT2D eigenvalue weighted by molar-refractivity contribution is 5.55. The Labute approximate surface area is 86.1 Å². The molecule has 0 spiro atoms. The molecule has 80 valence electrons. The summed E-state index contributed by atoms with van der Waals surface area (Å²) >= 11 is 0. The Balaban J connectivity index is 2.57. The van der Waals surface area contributed by atoms with Crippen molar-refractivity contribution in [3.05, 3.63) is 33.4 Å². The van der Waals surface area contributed by atoms with Gasteiger partial charge in [0.25, 0.3) is 0 Å². The van der Waals surface area contributed by atoms with E-state index in [0.29, 0.717) is 24.0 Å². The van der Waals surface area contributed by atoms with Crippen molar-refractivity contribution >= 4 is 5.69 Å². The SMILES string of the molecule is O=[N+]([O-])c1ccc2c(c1O)CCC[C@@H]2O. The standard InChI is InChI=1S/C10H11NO4/c12-9-3-1-2-7-6(9)4-5-8(10(7)13)11(14)15/h4-5,9,12-13H,1-3H2/t9-/m0/s1. The van der Waals surface area contributed by atoms with E-state index < -0.39 is 11.0 Å². The summed E-state index contributed by atoms with van der Waals surface area (Å²) in [5, 5.41) is 29.9. The summed E-state index contributed by atoms with van der Waals surface area (Å²) in [6.07, 6.45) is 1.35. The van der Waals surface area contributed by atoms with Crippen LogP contribution in [0, 0.1) is 10.1 Å². The number of aliphatic hydroxyl groups excluding tert-OH is 1. The normalized spacial score (nSPS) is 19.7. The lowest BCUT2D eigenvalue weighted by Crippen LogP contribution is -2.09. The Morgan fingerprint density at radius 3 is 2.87 bits per heavy atom. The quantitative estimate of drug-likeness (QED) is 0.544. The lowest BCUT2D eigenvalue weighted by atomic mass is 9.88. The monoisotopic (exact) mass is 209 g/mol. The van der Waals surface area contributed by atoms with Gasteiger partial charge in [0.2, 0.25) is 0 Å². The van der Waals surface area contributed by atoms with Gasteiger partial charge in [-0.3, -0.25) is 10.1 Å². The fraction of sp³-hybridized carbons (Fsp3) is 0.400. The molecule has 1 aromatic rings. The second kappa shape index (κ2) is 3.51. The molecule has 0 saturated carbocycles. The van der Waals surface area contributed by atoms with Gasteiger partial charge in [0, 0.05) is 11.6 Å². The Bertz CT molecular complexity index is 416. The summed E-state index contributed by atoms with van der Waals surface area (Å²) < 4.78 is 0. The number of aliphatic hydroxyl groups is 1. The molecule has 2 rings (SSSR count). The van der Waals surface area contributed by atoms with Gasteiger partial charge in [-0.1, -0.05) is 0 Å². The van der Waals surface area contributed by atoms with Crippen molar-refractivity contribution in [1.82, 2.24) is 0 Å². The smallest absolute Gasteiger partial charge is 0.311 e. The number of nitro benzene ring substituents is 1. The van der Waals surface area contributed by atoms with Crippen LogP contribution in [0.5, 0.6) is 5.75 Å². The Kier molecular flexibility index (Phi) is 2.32. The first kappa shape index (κ1) is 9.92. The van der Waals surface area contributed by atoms with Crippen molar-refractivity contribution in [2.75, 3.05) is 0 Å². The molecule has 0 aliphatic heterocycles. The van der Waals surface area contributed by atoms with Gasteiger partial charge < -0.3 is 10.2 Å². The molecule has 0 fully saturated rings. The molecular weight excluding hydrogens is 198 g/mol. The number of nitrogens with zero attached hydrogens (tertiary/aromatic N) is 1. The molecule has 0 unspecified atom stereocenters. The second-order valence-electron chi connectivity index (χ2n) is 3.67. The average Bonchev–Trinajstić information content (AvgIpc) is 2.19. The van der Waals surface area contributed by atoms with Crippen LogP contribution in [-0.4, -0.2) is 15.1 Å². The number of phenols is 1. The Morgan fingerprint density at radius 2 is 2.20 bits per heavy atom. The summed E-state index contributed by atoms with van der Waals surface area (Å²) in [5.41, 5.74) is 0.843. The molecule has 0 amide bonds. The first-order valence-electron chi connectivity index (χ1n) is 4.78. The molecule has 0 aromatic heterocycles. The predicted octanol–water partition coefficient (Wildman–Crippen LogP) is 1.67. The number of fused-ring (bicyclic) bond motifs is 1. The van der Waals surface area contributed by atoms with E-state index in [1.165, 1.54) is 12.1 Å². The first-order chi connectivity index (χ1) is 7.11. The summed E-state index contributed by atoms with van der Waals surface area (Å²) in [5.74, 6) is -0.295. The van der Waals surface area contributed by atoms with Gasteiger partial charge in [-0.05, 0) is 30.9 Å². The molecule has 1 aliphatic rings. The van der Waals surface area contributed by atoms with Gasteiger partial charge in [0.1, 0.15) is 0 Å². The molecule has 5 nitrogen and oxygen atoms in total. The molecule has 2 N–H and O–H groups in total. The molecule has 15 heavy (non-hydrogen) atoms. The molecule has 0 heterocycles. The largest absolute Gasteiger partial charge is 0.502 e. The number of hydrogen-bond donors (Lipinski definition) is 2. The van der Waals surface area contributed by atoms with E-state index in [2.05, 4.69) is 0 Å². The van der Waals surface area contributed by atoms with Crippen LogP contribution in [0.3, 0.4) is 0 Å². The highest BCUT2D eigenvalue weighted by Gasteiger charge is 2.25. The predicted molar refractivity (Wildman–Crippen MR) is 52.7 cm³/mol. The fourth-order valence-electron chi connectivity index (χ4n) is 1.99. The van der Waals surface area contributed by atoms with E-state index in [4.69, 9.17) is 0 Å². The van der Waals surface area contributed by atoms with E-state index in [0.717, 1.165) is 6.42 Å². The maximum atomic E-state index is 10.6. The van der Waals surface area contributed by atoms with Crippen LogP contribution in [0.15, 0.2) is 12.1 Å². The first-order valence-corrected chi connectivity index (χ1v) is 4.78. The van der Waals surface area contributed by atoms with E-state index >= 15 is 0 Å². The minimum Gasteiger partial charge on any atom is -0.502 e. The van der Waals surface area contributed by atoms with Crippen LogP contribution in [0.1, 0.15) is 30.1 Å². The van der Waals surface area contributed by atoms with E-state index in [1.54, 1.807) is 0 Å². The topological polar surface area (TPSA) is 83.6 Å². The maximum absolute atomic E-state index is 10.6. The minimum absolute atomic E-state index is 0.289. The number of phenolic OH excluding ortho intramolecular Hbond substituents is 1. The highest BCUT2D eigenvalue weighted by atomic mass is 16.6. The third kappa shape index (κ3) is 1.55. The number of benzene rings is 1. The molecule has 1 atom stereocenters. The van der Waals surface area contributed by atoms with E-state index in [1.807, 2.05) is 0 Å². The van der Waals surface area contributed by atoms with Crippen LogP contribution in [0.4, 0.5) is 5.69 Å². The number of hydrogen-bond acceptors (Lipinski definition) is 4. The zero-order chi connectivity index (χ0) is 11.0. The second-order valence-corrected chi connectivity index (χ2v) is 3.67. The molecule has 0 radical (unpaired) electrons. The van der Waals surface area contributed by atoms with Gasteiger partial charge in [0.15, 0.2) is 5.75 Å². The Morgan fingerprint density at radius 1 is 1.47 bits per heavy atom. The van der Waals surface area contributed by atoms with E-state index in [-0.39, 0.29) is 11.4 Å². The van der Waals surface area contributed by atoms with Crippen molar-refractivity contribution in [2.45, 2.75) is 25.4 Å². The number of rotatable bonds is 1. The van der Waals surface area contributed by atoms with Gasteiger partial charge in [-0.15, -0.1) is 0 Å². The zero-order valence-electron chi connectivity index (χ0n) is 8.01. The van der Waals surface area contributed by atoms with Crippen LogP contribution in [0.2, 0.25) is 0 Å². The average molecular weight is 209 g/mol. The number of aromatic hydroxyl groups is 1. The van der Waals surface area contributed by atoms with Crippen LogP contribution in [-0.2, 0) is 6.42 Å². The summed E-state index contributed by atoms with van der Waals surface area (Å²) in [7, 11) is 0. The van der Waals surface area contributed by atoms with Gasteiger partial charge in [-0.25, -0.2) is 0 Å². The van der Waals surface area contributed by atoms with Gasteiger partial charge in [0.05, 0.1) is 11.0 Å². The third-order valence-electron chi connectivity index (χ3n) is 2.76. The van der Waals surface area contributed by atoms with Crippen molar-refractivity contribution in [1.29, 1.82) is 0 Å². The molecule has 0 bridgehead atoms. The molecule has 1 aliphatic carbocycles. The van der Waals surface area contributed by atoms with E-state index in [9.17, 15) is 20.3 Å². The molecular formula is C10H11NO4. The molecule has 5 heteroatoms. The lowest BCUT2D eigenvalue weighted by Gasteiger charge is -2.21. The zero-order valence-corrected chi connectivity index (χ0v) is 8.01. The van der Waals surface area contributed by atoms with Gasteiger partial charge >= 0.3 is 5.69 Å². The van der Waals surface area contributed by atoms with Crippen molar-refractivity contribution in [3.8, 4) is 5.75 Å². The Hall–Kier alpha value is -1.62. The van der Waals surface area contributed by atoms with Gasteiger partial charge in [-0.2, -0.15) is 0 Å². The highest BCUT2D eigenvalue weighted by Crippen LogP contribution is 2.39. The minimum atomic E-state index is -0.614. The summed E-state index contributed by atoms with van der Waals surface area (Å²) in [6.45, 7) is 0. The number of nitro groups is 1. The molecule has 1 aromatic carbocycles. The van der Waals surface area contributed by atoms with Crippen molar-refractivity contribution < 1.29 is 15.1 Å². The third-order valence-corrected chi connectivity index (χ3v) is 2.76. The van der Waals surface area contributed by atoms with Crippen molar-refractivity contribution in [3.63, 3.8) is 0 Å². The lowest BCUT2D eigenvalue weighted by molar-refractivity contribution is -0.386. The van der Waals surface area contributed by atoms with Crippen LogP contribution in [0.25, 0.3) is 0 Å². The molecule has 0 saturated heterocycles. The summed E-state index contributed by atoms with van der Waals surface area (Å²) in [4.78, 5) is 9.96.